The summed E-state index contributed by atoms with van der Waals surface area (Å²) in [6, 6.07) is 0. The molecule has 0 heterocycles. The molecule has 1 amide bonds. The van der Waals surface area contributed by atoms with Crippen molar-refractivity contribution in [1.82, 2.24) is 5.32 Å². The van der Waals surface area contributed by atoms with Crippen LogP contribution in [-0.2, 0) is 4.79 Å². The first kappa shape index (κ1) is 17.4. The Balaban J connectivity index is 2.51. The van der Waals surface area contributed by atoms with Gasteiger partial charge in [-0.25, -0.2) is 0 Å². The number of carbonyl (C=O) groups excluding carboxylic acids is 1. The summed E-state index contributed by atoms with van der Waals surface area (Å²) in [5.41, 5.74) is 5.41. The summed E-state index contributed by atoms with van der Waals surface area (Å²) in [5.74, 6) is 0.0473. The van der Waals surface area contributed by atoms with E-state index in [1.807, 2.05) is 0 Å². The molecule has 1 saturated carbocycles. The van der Waals surface area contributed by atoms with Gasteiger partial charge in [0.15, 0.2) is 0 Å². The molecule has 1 rings (SSSR count). The SMILES string of the molecule is CCCCCC(C)(C)CNC(=O)C1(C(N)=S)CCCC1. The molecule has 0 atom stereocenters. The normalized spacial score (nSPS) is 17.9. The molecule has 4 heteroatoms. The topological polar surface area (TPSA) is 55.1 Å². The first-order valence-electron chi connectivity index (χ1n) is 7.92. The average molecular weight is 298 g/mol. The van der Waals surface area contributed by atoms with E-state index in [9.17, 15) is 4.79 Å². The molecule has 3 N–H and O–H groups in total. The van der Waals surface area contributed by atoms with Crippen LogP contribution in [0.3, 0.4) is 0 Å². The van der Waals surface area contributed by atoms with Gasteiger partial charge in [-0.3, -0.25) is 4.79 Å². The Morgan fingerprint density at radius 1 is 1.30 bits per heavy atom. The number of hydrogen-bond acceptors (Lipinski definition) is 2. The highest BCUT2D eigenvalue weighted by Crippen LogP contribution is 2.39. The summed E-state index contributed by atoms with van der Waals surface area (Å²) in [4.78, 5) is 12.9. The van der Waals surface area contributed by atoms with Gasteiger partial charge in [0.25, 0.3) is 0 Å². The van der Waals surface area contributed by atoms with Gasteiger partial charge in [0, 0.05) is 6.54 Å². The number of carbonyl (C=O) groups is 1. The van der Waals surface area contributed by atoms with Crippen molar-refractivity contribution in [3.63, 3.8) is 0 Å². The quantitative estimate of drug-likeness (QED) is 0.532. The number of rotatable bonds is 8. The molecule has 1 aliphatic carbocycles. The lowest BCUT2D eigenvalue weighted by Crippen LogP contribution is -2.49. The monoisotopic (exact) mass is 298 g/mol. The van der Waals surface area contributed by atoms with Gasteiger partial charge in [0.2, 0.25) is 5.91 Å². The fraction of sp³-hybridized carbons (Fsp3) is 0.875. The molecule has 0 bridgehead atoms. The van der Waals surface area contributed by atoms with E-state index in [1.165, 1.54) is 19.3 Å². The van der Waals surface area contributed by atoms with E-state index in [2.05, 4.69) is 26.1 Å². The van der Waals surface area contributed by atoms with Crippen LogP contribution in [0, 0.1) is 10.8 Å². The van der Waals surface area contributed by atoms with E-state index >= 15 is 0 Å². The minimum absolute atomic E-state index is 0.0473. The summed E-state index contributed by atoms with van der Waals surface area (Å²) in [7, 11) is 0. The number of hydrogen-bond donors (Lipinski definition) is 2. The second kappa shape index (κ2) is 7.39. The fourth-order valence-corrected chi connectivity index (χ4v) is 3.29. The molecule has 3 nitrogen and oxygen atoms in total. The predicted octanol–water partition coefficient (Wildman–Crippen LogP) is 3.56. The highest BCUT2D eigenvalue weighted by Gasteiger charge is 2.44. The Kier molecular flexibility index (Phi) is 6.44. The molecular weight excluding hydrogens is 268 g/mol. The molecule has 1 aliphatic rings. The molecule has 0 unspecified atom stereocenters. The van der Waals surface area contributed by atoms with Gasteiger partial charge in [-0.15, -0.1) is 0 Å². The minimum Gasteiger partial charge on any atom is -0.392 e. The molecule has 0 saturated heterocycles. The van der Waals surface area contributed by atoms with Crippen molar-refractivity contribution in [2.24, 2.45) is 16.6 Å². The van der Waals surface area contributed by atoms with Gasteiger partial charge in [-0.1, -0.05) is 65.1 Å². The smallest absolute Gasteiger partial charge is 0.233 e. The lowest BCUT2D eigenvalue weighted by Gasteiger charge is -2.30. The molecule has 116 valence electrons. The highest BCUT2D eigenvalue weighted by atomic mass is 32.1. The summed E-state index contributed by atoms with van der Waals surface area (Å²) in [6.45, 7) is 7.34. The van der Waals surface area contributed by atoms with Crippen LogP contribution < -0.4 is 11.1 Å². The zero-order chi connectivity index (χ0) is 15.2. The third-order valence-corrected chi connectivity index (χ3v) is 4.94. The number of amides is 1. The first-order valence-corrected chi connectivity index (χ1v) is 8.33. The van der Waals surface area contributed by atoms with Crippen molar-refractivity contribution in [1.29, 1.82) is 0 Å². The third kappa shape index (κ3) is 4.44. The van der Waals surface area contributed by atoms with Gasteiger partial charge < -0.3 is 11.1 Å². The Labute approximate surface area is 129 Å². The number of nitrogens with one attached hydrogen (secondary N) is 1. The Bertz CT molecular complexity index is 346. The van der Waals surface area contributed by atoms with Gasteiger partial charge in [0.05, 0.1) is 10.4 Å². The maximum Gasteiger partial charge on any atom is 0.233 e. The van der Waals surface area contributed by atoms with Crippen molar-refractivity contribution in [2.45, 2.75) is 72.1 Å². The van der Waals surface area contributed by atoms with E-state index in [1.54, 1.807) is 0 Å². The maximum atomic E-state index is 12.5. The lowest BCUT2D eigenvalue weighted by atomic mass is 9.83. The standard InChI is InChI=1S/C16H30N2OS/c1-4-5-6-9-15(2,3)12-18-14(19)16(13(17)20)10-7-8-11-16/h4-12H2,1-3H3,(H2,17,20)(H,18,19). The lowest BCUT2D eigenvalue weighted by molar-refractivity contribution is -0.127. The summed E-state index contributed by atoms with van der Waals surface area (Å²) < 4.78 is 0. The van der Waals surface area contributed by atoms with Crippen LogP contribution in [0.25, 0.3) is 0 Å². The van der Waals surface area contributed by atoms with Crippen LogP contribution in [0.4, 0.5) is 0 Å². The molecule has 20 heavy (non-hydrogen) atoms. The van der Waals surface area contributed by atoms with Gasteiger partial charge >= 0.3 is 0 Å². The van der Waals surface area contributed by atoms with Crippen LogP contribution in [0.1, 0.15) is 72.1 Å². The molecule has 0 aliphatic heterocycles. The van der Waals surface area contributed by atoms with E-state index in [-0.39, 0.29) is 11.3 Å². The summed E-state index contributed by atoms with van der Waals surface area (Å²) in [5, 5.41) is 3.11. The number of thiocarbonyl (C=S) groups is 1. The zero-order valence-electron chi connectivity index (χ0n) is 13.3. The summed E-state index contributed by atoms with van der Waals surface area (Å²) >= 11 is 5.15. The predicted molar refractivity (Wildman–Crippen MR) is 88.6 cm³/mol. The van der Waals surface area contributed by atoms with Crippen LogP contribution >= 0.6 is 12.2 Å². The molecular formula is C16H30N2OS. The molecule has 0 aromatic rings. The molecule has 0 radical (unpaired) electrons. The van der Waals surface area contributed by atoms with Crippen LogP contribution in [0.5, 0.6) is 0 Å². The van der Waals surface area contributed by atoms with E-state index in [0.717, 1.165) is 32.1 Å². The second-order valence-corrected chi connectivity index (χ2v) is 7.40. The molecule has 1 fully saturated rings. The van der Waals surface area contributed by atoms with Crippen LogP contribution in [0.15, 0.2) is 0 Å². The third-order valence-electron chi connectivity index (χ3n) is 4.55. The van der Waals surface area contributed by atoms with Crippen molar-refractivity contribution in [2.75, 3.05) is 6.54 Å². The average Bonchev–Trinajstić information content (AvgIpc) is 2.87. The summed E-state index contributed by atoms with van der Waals surface area (Å²) in [6.07, 6.45) is 8.56. The Morgan fingerprint density at radius 3 is 2.40 bits per heavy atom. The molecule has 0 aromatic carbocycles. The van der Waals surface area contributed by atoms with Crippen molar-refractivity contribution < 1.29 is 4.79 Å². The first-order chi connectivity index (χ1) is 9.34. The largest absolute Gasteiger partial charge is 0.392 e. The molecule has 0 spiro atoms. The van der Waals surface area contributed by atoms with Gasteiger partial charge in [-0.2, -0.15) is 0 Å². The van der Waals surface area contributed by atoms with Gasteiger partial charge in [0.1, 0.15) is 0 Å². The Morgan fingerprint density at radius 2 is 1.90 bits per heavy atom. The van der Waals surface area contributed by atoms with Gasteiger partial charge in [-0.05, 0) is 24.7 Å². The Hall–Kier alpha value is -0.640. The van der Waals surface area contributed by atoms with Crippen molar-refractivity contribution >= 4 is 23.1 Å². The number of nitrogens with two attached hydrogens (primary N) is 1. The number of unbranched alkanes of at least 4 members (excludes halogenated alkanes) is 2. The molecule has 0 aromatic heterocycles. The van der Waals surface area contributed by atoms with E-state index in [0.29, 0.717) is 11.5 Å². The maximum absolute atomic E-state index is 12.5. The minimum atomic E-state index is -0.575. The van der Waals surface area contributed by atoms with Crippen LogP contribution in [0.2, 0.25) is 0 Å². The van der Waals surface area contributed by atoms with E-state index < -0.39 is 5.41 Å². The fourth-order valence-electron chi connectivity index (χ4n) is 2.99. The van der Waals surface area contributed by atoms with E-state index in [4.69, 9.17) is 18.0 Å². The van der Waals surface area contributed by atoms with Crippen molar-refractivity contribution in [3.05, 3.63) is 0 Å². The highest BCUT2D eigenvalue weighted by molar-refractivity contribution is 7.80. The zero-order valence-corrected chi connectivity index (χ0v) is 14.1. The van der Waals surface area contributed by atoms with Crippen molar-refractivity contribution in [3.8, 4) is 0 Å². The van der Waals surface area contributed by atoms with Crippen LogP contribution in [-0.4, -0.2) is 17.4 Å². The second-order valence-electron chi connectivity index (χ2n) is 6.96.